The van der Waals surface area contributed by atoms with Crippen LogP contribution < -0.4 is 10.5 Å². The van der Waals surface area contributed by atoms with Crippen LogP contribution in [-0.4, -0.2) is 27.2 Å². The molecule has 0 radical (unpaired) electrons. The van der Waals surface area contributed by atoms with Gasteiger partial charge in [0.05, 0.1) is 23.6 Å². The molecule has 0 aliphatic heterocycles. The molecule has 9 heteroatoms. The number of hydrogen-bond donors (Lipinski definition) is 2. The van der Waals surface area contributed by atoms with Crippen molar-refractivity contribution < 1.29 is 9.66 Å². The number of nitrogens with zero attached hydrogens (tertiary/aromatic N) is 3. The van der Waals surface area contributed by atoms with Gasteiger partial charge in [0.1, 0.15) is 11.6 Å². The number of nitro groups is 1. The van der Waals surface area contributed by atoms with Gasteiger partial charge >= 0.3 is 0 Å². The van der Waals surface area contributed by atoms with Crippen LogP contribution in [0.2, 0.25) is 5.02 Å². The maximum absolute atomic E-state index is 11.0. The number of ether oxygens (including phenoxy) is 1. The van der Waals surface area contributed by atoms with E-state index in [0.717, 1.165) is 5.56 Å². The SMILES string of the molecule is COc1ccc([N+](=O)[O-])cc1-c1n[nH]c(C(N)c2ccc(Cl)cc2)n1. The largest absolute Gasteiger partial charge is 0.496 e. The number of methoxy groups -OCH3 is 1. The lowest BCUT2D eigenvalue weighted by Crippen LogP contribution is -2.13. The number of non-ortho nitro benzene ring substituents is 1. The van der Waals surface area contributed by atoms with E-state index in [9.17, 15) is 10.1 Å². The number of H-pyrrole nitrogens is 1. The third kappa shape index (κ3) is 3.44. The first-order valence-electron chi connectivity index (χ1n) is 7.25. The van der Waals surface area contributed by atoms with Crippen molar-refractivity contribution in [1.82, 2.24) is 15.2 Å². The smallest absolute Gasteiger partial charge is 0.270 e. The highest BCUT2D eigenvalue weighted by atomic mass is 35.5. The van der Waals surface area contributed by atoms with Gasteiger partial charge in [0, 0.05) is 17.2 Å². The van der Waals surface area contributed by atoms with Crippen molar-refractivity contribution in [3.05, 3.63) is 69.0 Å². The van der Waals surface area contributed by atoms with E-state index in [1.165, 1.54) is 25.3 Å². The van der Waals surface area contributed by atoms with Gasteiger partial charge in [0.25, 0.3) is 5.69 Å². The number of nitrogens with one attached hydrogen (secondary N) is 1. The van der Waals surface area contributed by atoms with Crippen molar-refractivity contribution in [2.24, 2.45) is 5.73 Å². The third-order valence-corrected chi connectivity index (χ3v) is 3.91. The number of nitrogens with two attached hydrogens (primary N) is 1. The molecule has 1 heterocycles. The summed E-state index contributed by atoms with van der Waals surface area (Å²) in [4.78, 5) is 14.9. The molecule has 1 atom stereocenters. The van der Waals surface area contributed by atoms with E-state index in [1.807, 2.05) is 0 Å². The maximum Gasteiger partial charge on any atom is 0.270 e. The van der Waals surface area contributed by atoms with Gasteiger partial charge in [-0.25, -0.2) is 4.98 Å². The zero-order chi connectivity index (χ0) is 18.0. The molecule has 1 aromatic heterocycles. The van der Waals surface area contributed by atoms with Gasteiger partial charge in [0.2, 0.25) is 0 Å². The van der Waals surface area contributed by atoms with Gasteiger partial charge in [-0.05, 0) is 23.8 Å². The molecule has 0 aliphatic rings. The Hall–Kier alpha value is -2.97. The van der Waals surface area contributed by atoms with Crippen molar-refractivity contribution in [2.45, 2.75) is 6.04 Å². The molecule has 1 unspecified atom stereocenters. The number of hydrogen-bond acceptors (Lipinski definition) is 6. The van der Waals surface area contributed by atoms with Crippen LogP contribution in [0.4, 0.5) is 5.69 Å². The first-order chi connectivity index (χ1) is 12.0. The number of benzene rings is 2. The summed E-state index contributed by atoms with van der Waals surface area (Å²) in [6.07, 6.45) is 0. The Morgan fingerprint density at radius 1 is 1.28 bits per heavy atom. The van der Waals surface area contributed by atoms with Crippen LogP contribution in [0.25, 0.3) is 11.4 Å². The second-order valence-electron chi connectivity index (χ2n) is 5.22. The molecule has 0 bridgehead atoms. The van der Waals surface area contributed by atoms with Crippen molar-refractivity contribution in [2.75, 3.05) is 7.11 Å². The molecule has 0 fully saturated rings. The lowest BCUT2D eigenvalue weighted by atomic mass is 10.1. The molecule has 0 saturated carbocycles. The minimum absolute atomic E-state index is 0.0795. The zero-order valence-electron chi connectivity index (χ0n) is 13.1. The Bertz CT molecular complexity index is 910. The molecule has 0 spiro atoms. The van der Waals surface area contributed by atoms with Gasteiger partial charge in [0.15, 0.2) is 5.82 Å². The van der Waals surface area contributed by atoms with Crippen LogP contribution in [0, 0.1) is 10.1 Å². The van der Waals surface area contributed by atoms with Crippen molar-refractivity contribution in [3.8, 4) is 17.1 Å². The highest BCUT2D eigenvalue weighted by Gasteiger charge is 2.19. The number of halogens is 1. The van der Waals surface area contributed by atoms with Crippen LogP contribution in [0.15, 0.2) is 42.5 Å². The van der Waals surface area contributed by atoms with E-state index in [0.29, 0.717) is 22.2 Å². The van der Waals surface area contributed by atoms with Crippen LogP contribution in [0.3, 0.4) is 0 Å². The zero-order valence-corrected chi connectivity index (χ0v) is 13.9. The molecule has 3 rings (SSSR count). The highest BCUT2D eigenvalue weighted by Crippen LogP contribution is 2.32. The van der Waals surface area contributed by atoms with Crippen molar-refractivity contribution in [1.29, 1.82) is 0 Å². The van der Waals surface area contributed by atoms with E-state index < -0.39 is 11.0 Å². The summed E-state index contributed by atoms with van der Waals surface area (Å²) in [7, 11) is 1.47. The van der Waals surface area contributed by atoms with Gasteiger partial charge in [-0.2, -0.15) is 5.10 Å². The highest BCUT2D eigenvalue weighted by molar-refractivity contribution is 6.30. The average Bonchev–Trinajstić information content (AvgIpc) is 3.11. The molecule has 128 valence electrons. The van der Waals surface area contributed by atoms with Crippen LogP contribution in [0.1, 0.15) is 17.4 Å². The van der Waals surface area contributed by atoms with Crippen molar-refractivity contribution in [3.63, 3.8) is 0 Å². The Kier molecular flexibility index (Phi) is 4.64. The second-order valence-corrected chi connectivity index (χ2v) is 5.65. The fourth-order valence-corrected chi connectivity index (χ4v) is 2.47. The topological polar surface area (TPSA) is 120 Å². The van der Waals surface area contributed by atoms with Gasteiger partial charge in [-0.1, -0.05) is 23.7 Å². The first kappa shape index (κ1) is 16.9. The summed E-state index contributed by atoms with van der Waals surface area (Å²) in [6.45, 7) is 0. The normalized spacial score (nSPS) is 12.0. The number of rotatable bonds is 5. The minimum Gasteiger partial charge on any atom is -0.496 e. The summed E-state index contributed by atoms with van der Waals surface area (Å²) in [5, 5.41) is 18.5. The van der Waals surface area contributed by atoms with Crippen LogP contribution in [-0.2, 0) is 0 Å². The standard InChI is InChI=1S/C16H14ClN5O3/c1-25-13-7-6-11(22(23)24)8-12(13)15-19-16(21-20-15)14(18)9-2-4-10(17)5-3-9/h2-8,14H,18H2,1H3,(H,19,20,21). The van der Waals surface area contributed by atoms with Gasteiger partial charge in [-0.15, -0.1) is 0 Å². The Morgan fingerprint density at radius 2 is 2.00 bits per heavy atom. The molecule has 0 amide bonds. The summed E-state index contributed by atoms with van der Waals surface area (Å²) >= 11 is 5.87. The minimum atomic E-state index is -0.539. The van der Waals surface area contributed by atoms with Crippen LogP contribution in [0.5, 0.6) is 5.75 Å². The van der Waals surface area contributed by atoms with E-state index in [4.69, 9.17) is 22.1 Å². The number of nitro benzene ring substituents is 1. The van der Waals surface area contributed by atoms with E-state index in [2.05, 4.69) is 15.2 Å². The molecule has 3 N–H and O–H groups in total. The number of aromatic amines is 1. The molecule has 3 aromatic rings. The molecule has 25 heavy (non-hydrogen) atoms. The monoisotopic (exact) mass is 359 g/mol. The molecular formula is C16H14ClN5O3. The number of aromatic nitrogens is 3. The fourth-order valence-electron chi connectivity index (χ4n) is 2.35. The second kappa shape index (κ2) is 6.88. The summed E-state index contributed by atoms with van der Waals surface area (Å²) < 4.78 is 5.24. The van der Waals surface area contributed by atoms with Gasteiger partial charge < -0.3 is 10.5 Å². The molecule has 2 aromatic carbocycles. The Labute approximate surface area is 147 Å². The summed E-state index contributed by atoms with van der Waals surface area (Å²) in [5.41, 5.74) is 7.32. The third-order valence-electron chi connectivity index (χ3n) is 3.66. The predicted molar refractivity (Wildman–Crippen MR) is 92.5 cm³/mol. The molecule has 8 nitrogen and oxygen atoms in total. The quantitative estimate of drug-likeness (QED) is 0.533. The van der Waals surface area contributed by atoms with E-state index in [-0.39, 0.29) is 11.5 Å². The first-order valence-corrected chi connectivity index (χ1v) is 7.63. The predicted octanol–water partition coefficient (Wildman–Crippen LogP) is 3.09. The maximum atomic E-state index is 11.0. The fraction of sp³-hybridized carbons (Fsp3) is 0.125. The van der Waals surface area contributed by atoms with Crippen LogP contribution >= 0.6 is 11.6 Å². The molecule has 0 aliphatic carbocycles. The summed E-state index contributed by atoms with van der Waals surface area (Å²) in [6, 6.07) is 10.7. The molecular weight excluding hydrogens is 346 g/mol. The lowest BCUT2D eigenvalue weighted by Gasteiger charge is -2.08. The lowest BCUT2D eigenvalue weighted by molar-refractivity contribution is -0.384. The van der Waals surface area contributed by atoms with E-state index >= 15 is 0 Å². The Balaban J connectivity index is 1.97. The summed E-state index contributed by atoms with van der Waals surface area (Å²) in [5.74, 6) is 1.11. The Morgan fingerprint density at radius 3 is 2.64 bits per heavy atom. The average molecular weight is 360 g/mol. The van der Waals surface area contributed by atoms with E-state index in [1.54, 1.807) is 24.3 Å². The van der Waals surface area contributed by atoms with Gasteiger partial charge in [-0.3, -0.25) is 15.2 Å². The molecule has 0 saturated heterocycles. The van der Waals surface area contributed by atoms with Crippen molar-refractivity contribution >= 4 is 17.3 Å².